The van der Waals surface area contributed by atoms with Gasteiger partial charge in [-0.25, -0.2) is 9.97 Å². The van der Waals surface area contributed by atoms with Crippen molar-refractivity contribution in [3.05, 3.63) is 47.9 Å². The van der Waals surface area contributed by atoms with Crippen LogP contribution in [-0.4, -0.2) is 48.0 Å². The molecule has 1 aromatic heterocycles. The minimum absolute atomic E-state index is 0.0546. The van der Waals surface area contributed by atoms with E-state index in [1.807, 2.05) is 4.90 Å². The molecular formula is C18H21N5O3. The number of aromatic nitrogens is 2. The zero-order valence-corrected chi connectivity index (χ0v) is 14.5. The van der Waals surface area contributed by atoms with Crippen molar-refractivity contribution in [3.63, 3.8) is 0 Å². The minimum Gasteiger partial charge on any atom is -0.497 e. The molecule has 0 spiro atoms. The molecule has 0 radical (unpaired) electrons. The Morgan fingerprint density at radius 2 is 1.96 bits per heavy atom. The molecule has 1 aromatic carbocycles. The Balaban J connectivity index is 1.68. The van der Waals surface area contributed by atoms with Crippen molar-refractivity contribution in [1.82, 2.24) is 15.3 Å². The van der Waals surface area contributed by atoms with Gasteiger partial charge in [-0.05, 0) is 37.1 Å². The van der Waals surface area contributed by atoms with E-state index < -0.39 is 5.91 Å². The van der Waals surface area contributed by atoms with Gasteiger partial charge in [0.25, 0.3) is 11.8 Å². The van der Waals surface area contributed by atoms with E-state index in [0.717, 1.165) is 19.4 Å². The van der Waals surface area contributed by atoms with E-state index in [1.54, 1.807) is 31.4 Å². The first kappa shape index (κ1) is 17.7. The number of carbonyl (C=O) groups excluding carboxylic acids is 2. The third-order valence-electron chi connectivity index (χ3n) is 4.32. The van der Waals surface area contributed by atoms with E-state index in [4.69, 9.17) is 10.5 Å². The molecule has 0 aliphatic carbocycles. The maximum atomic E-state index is 12.5. The molecule has 2 amide bonds. The van der Waals surface area contributed by atoms with Crippen LogP contribution < -0.4 is 20.7 Å². The third-order valence-corrected chi connectivity index (χ3v) is 4.32. The summed E-state index contributed by atoms with van der Waals surface area (Å²) in [7, 11) is 1.58. The van der Waals surface area contributed by atoms with Gasteiger partial charge in [-0.15, -0.1) is 0 Å². The van der Waals surface area contributed by atoms with Crippen molar-refractivity contribution in [2.75, 3.05) is 25.1 Å². The molecule has 8 heteroatoms. The van der Waals surface area contributed by atoms with E-state index in [0.29, 0.717) is 23.7 Å². The fourth-order valence-electron chi connectivity index (χ4n) is 3.03. The second-order valence-electron chi connectivity index (χ2n) is 6.08. The summed E-state index contributed by atoms with van der Waals surface area (Å²) < 4.78 is 5.10. The van der Waals surface area contributed by atoms with Crippen LogP contribution in [-0.2, 0) is 0 Å². The fraction of sp³-hybridized carbons (Fsp3) is 0.333. The van der Waals surface area contributed by atoms with E-state index in [1.165, 1.54) is 12.4 Å². The molecule has 8 nitrogen and oxygen atoms in total. The molecule has 136 valence electrons. The van der Waals surface area contributed by atoms with E-state index in [-0.39, 0.29) is 17.6 Å². The van der Waals surface area contributed by atoms with Crippen LogP contribution in [0, 0.1) is 0 Å². The normalized spacial score (nSPS) is 16.8. The van der Waals surface area contributed by atoms with Crippen LogP contribution in [0.25, 0.3) is 0 Å². The molecule has 1 aliphatic rings. The lowest BCUT2D eigenvalue weighted by atomic mass is 10.0. The molecule has 1 fully saturated rings. The fourth-order valence-corrected chi connectivity index (χ4v) is 3.03. The molecule has 2 aromatic rings. The SMILES string of the molecule is COc1ccc(C(=O)N[C@@H]2CCCN(c3nccnc3C(N)=O)C2)cc1. The van der Waals surface area contributed by atoms with Gasteiger partial charge in [0, 0.05) is 37.1 Å². The van der Waals surface area contributed by atoms with Gasteiger partial charge in [-0.1, -0.05) is 0 Å². The first-order chi connectivity index (χ1) is 12.6. The maximum absolute atomic E-state index is 12.5. The Morgan fingerprint density at radius 3 is 2.65 bits per heavy atom. The van der Waals surface area contributed by atoms with Gasteiger partial charge in [0.1, 0.15) is 5.75 Å². The zero-order valence-electron chi connectivity index (χ0n) is 14.5. The molecule has 0 bridgehead atoms. The number of primary amides is 1. The van der Waals surface area contributed by atoms with Crippen LogP contribution in [0.15, 0.2) is 36.7 Å². The van der Waals surface area contributed by atoms with Crippen molar-refractivity contribution >= 4 is 17.6 Å². The summed E-state index contributed by atoms with van der Waals surface area (Å²) in [5, 5.41) is 3.04. The van der Waals surface area contributed by atoms with Crippen LogP contribution in [0.4, 0.5) is 5.82 Å². The summed E-state index contributed by atoms with van der Waals surface area (Å²) in [6, 6.07) is 6.90. The summed E-state index contributed by atoms with van der Waals surface area (Å²) in [4.78, 5) is 34.2. The highest BCUT2D eigenvalue weighted by molar-refractivity contribution is 5.96. The molecular weight excluding hydrogens is 334 g/mol. The van der Waals surface area contributed by atoms with Crippen molar-refractivity contribution in [3.8, 4) is 5.75 Å². The molecule has 0 saturated carbocycles. The molecule has 3 rings (SSSR count). The Hall–Kier alpha value is -3.16. The van der Waals surface area contributed by atoms with Gasteiger partial charge in [0.05, 0.1) is 7.11 Å². The first-order valence-electron chi connectivity index (χ1n) is 8.39. The highest BCUT2D eigenvalue weighted by atomic mass is 16.5. The molecule has 1 saturated heterocycles. The summed E-state index contributed by atoms with van der Waals surface area (Å²) in [6.45, 7) is 1.27. The average molecular weight is 355 g/mol. The predicted octanol–water partition coefficient (Wildman–Crippen LogP) is 0.983. The highest BCUT2D eigenvalue weighted by Gasteiger charge is 2.25. The second kappa shape index (κ2) is 7.81. The van der Waals surface area contributed by atoms with E-state index >= 15 is 0 Å². The number of methoxy groups -OCH3 is 1. The van der Waals surface area contributed by atoms with Crippen LogP contribution in [0.1, 0.15) is 33.7 Å². The van der Waals surface area contributed by atoms with Crippen molar-refractivity contribution in [1.29, 1.82) is 0 Å². The topological polar surface area (TPSA) is 110 Å². The van der Waals surface area contributed by atoms with Gasteiger partial charge in [0.15, 0.2) is 11.5 Å². The Labute approximate surface area is 151 Å². The number of nitrogens with two attached hydrogens (primary N) is 1. The number of hydrogen-bond acceptors (Lipinski definition) is 6. The van der Waals surface area contributed by atoms with Gasteiger partial charge in [0.2, 0.25) is 0 Å². The van der Waals surface area contributed by atoms with Gasteiger partial charge < -0.3 is 20.7 Å². The Morgan fingerprint density at radius 1 is 1.23 bits per heavy atom. The summed E-state index contributed by atoms with van der Waals surface area (Å²) in [5.41, 5.74) is 6.11. The van der Waals surface area contributed by atoms with Crippen molar-refractivity contribution in [2.24, 2.45) is 5.73 Å². The lowest BCUT2D eigenvalue weighted by Gasteiger charge is -2.34. The number of hydrogen-bond donors (Lipinski definition) is 2. The Kier molecular flexibility index (Phi) is 5.31. The maximum Gasteiger partial charge on any atom is 0.271 e. The standard InChI is InChI=1S/C18H21N5O3/c1-26-14-6-4-12(5-7-14)18(25)22-13-3-2-10-23(11-13)17-15(16(19)24)20-8-9-21-17/h4-9,13H,2-3,10-11H2,1H3,(H2,19,24)(H,22,25)/t13-/m1/s1. The van der Waals surface area contributed by atoms with Gasteiger partial charge >= 0.3 is 0 Å². The molecule has 1 atom stereocenters. The van der Waals surface area contributed by atoms with Gasteiger partial charge in [-0.2, -0.15) is 0 Å². The number of carbonyl (C=O) groups is 2. The molecule has 3 N–H and O–H groups in total. The molecule has 26 heavy (non-hydrogen) atoms. The summed E-state index contributed by atoms with van der Waals surface area (Å²) in [5.74, 6) is 0.404. The van der Waals surface area contributed by atoms with E-state index in [2.05, 4.69) is 15.3 Å². The first-order valence-corrected chi connectivity index (χ1v) is 8.39. The molecule has 2 heterocycles. The van der Waals surface area contributed by atoms with Crippen LogP contribution in [0.5, 0.6) is 5.75 Å². The lowest BCUT2D eigenvalue weighted by Crippen LogP contribution is -2.48. The smallest absolute Gasteiger partial charge is 0.271 e. The number of ether oxygens (including phenoxy) is 1. The number of benzene rings is 1. The van der Waals surface area contributed by atoms with Crippen LogP contribution in [0.3, 0.4) is 0 Å². The third kappa shape index (κ3) is 3.90. The number of amides is 2. The van der Waals surface area contributed by atoms with Crippen molar-refractivity contribution < 1.29 is 14.3 Å². The van der Waals surface area contributed by atoms with Crippen molar-refractivity contribution in [2.45, 2.75) is 18.9 Å². The van der Waals surface area contributed by atoms with Crippen LogP contribution >= 0.6 is 0 Å². The van der Waals surface area contributed by atoms with E-state index in [9.17, 15) is 9.59 Å². The number of nitrogens with zero attached hydrogens (tertiary/aromatic N) is 3. The highest BCUT2D eigenvalue weighted by Crippen LogP contribution is 2.20. The van der Waals surface area contributed by atoms with Crippen LogP contribution in [0.2, 0.25) is 0 Å². The monoisotopic (exact) mass is 355 g/mol. The Bertz CT molecular complexity index is 794. The number of anilines is 1. The minimum atomic E-state index is -0.613. The largest absolute Gasteiger partial charge is 0.497 e. The lowest BCUT2D eigenvalue weighted by molar-refractivity contribution is 0.0931. The molecule has 0 unspecified atom stereocenters. The molecule has 1 aliphatic heterocycles. The average Bonchev–Trinajstić information content (AvgIpc) is 2.68. The summed E-state index contributed by atoms with van der Waals surface area (Å²) >= 11 is 0. The zero-order chi connectivity index (χ0) is 18.5. The summed E-state index contributed by atoms with van der Waals surface area (Å²) in [6.07, 6.45) is 4.69. The van der Waals surface area contributed by atoms with Gasteiger partial charge in [-0.3, -0.25) is 9.59 Å². The quantitative estimate of drug-likeness (QED) is 0.827. The number of rotatable bonds is 5. The predicted molar refractivity (Wildman–Crippen MR) is 96.2 cm³/mol. The number of piperidine rings is 1. The second-order valence-corrected chi connectivity index (χ2v) is 6.08. The number of nitrogens with one attached hydrogen (secondary N) is 1.